The summed E-state index contributed by atoms with van der Waals surface area (Å²) in [6, 6.07) is 6.69. The maximum absolute atomic E-state index is 10.8. The zero-order chi connectivity index (χ0) is 12.5. The number of aromatic nitrogens is 2. The van der Waals surface area contributed by atoms with Crippen LogP contribution in [0.5, 0.6) is 0 Å². The third-order valence-corrected chi connectivity index (χ3v) is 3.35. The molecule has 0 fully saturated rings. The fraction of sp³-hybridized carbons (Fsp3) is 0.308. The molecule has 0 saturated heterocycles. The van der Waals surface area contributed by atoms with Crippen molar-refractivity contribution in [1.82, 2.24) is 9.55 Å². The van der Waals surface area contributed by atoms with Crippen LogP contribution in [-0.4, -0.2) is 14.5 Å². The van der Waals surface area contributed by atoms with E-state index < -0.39 is 0 Å². The first-order chi connectivity index (χ1) is 8.75. The Labute approximate surface area is 104 Å². The Kier molecular flexibility index (Phi) is 2.59. The minimum Gasteiger partial charge on any atom is -0.303 e. The van der Waals surface area contributed by atoms with Crippen LogP contribution in [0.3, 0.4) is 0 Å². The highest BCUT2D eigenvalue weighted by Crippen LogP contribution is 2.24. The van der Waals surface area contributed by atoms with Gasteiger partial charge in [-0.1, -0.05) is 6.07 Å². The van der Waals surface area contributed by atoms with Crippen LogP contribution in [0.4, 0.5) is 5.69 Å². The number of fused-ring (bicyclic) bond motifs is 1. The van der Waals surface area contributed by atoms with Gasteiger partial charge in [0.2, 0.25) is 0 Å². The average Bonchev–Trinajstić information content (AvgIpc) is 2.82. The number of benzene rings is 1. The molecule has 0 atom stereocenters. The first kappa shape index (κ1) is 11.0. The average molecular weight is 243 g/mol. The van der Waals surface area contributed by atoms with Crippen LogP contribution in [0.15, 0.2) is 30.6 Å². The Morgan fingerprint density at radius 2 is 2.11 bits per heavy atom. The van der Waals surface area contributed by atoms with Crippen LogP contribution in [0, 0.1) is 10.1 Å². The molecular formula is C13H13N3O2. The minimum absolute atomic E-state index is 0.116. The van der Waals surface area contributed by atoms with Crippen LogP contribution >= 0.6 is 0 Å². The first-order valence-electron chi connectivity index (χ1n) is 6.05. The van der Waals surface area contributed by atoms with Gasteiger partial charge in [0.25, 0.3) is 5.69 Å². The largest absolute Gasteiger partial charge is 0.303 e. The molecule has 0 unspecified atom stereocenters. The molecule has 0 amide bonds. The molecule has 18 heavy (non-hydrogen) atoms. The summed E-state index contributed by atoms with van der Waals surface area (Å²) in [5, 5.41) is 10.8. The molecule has 0 bridgehead atoms. The van der Waals surface area contributed by atoms with Gasteiger partial charge in [-0.2, -0.15) is 0 Å². The van der Waals surface area contributed by atoms with E-state index in [0.29, 0.717) is 0 Å². The second-order valence-electron chi connectivity index (χ2n) is 4.49. The van der Waals surface area contributed by atoms with E-state index in [1.165, 1.54) is 18.2 Å². The van der Waals surface area contributed by atoms with Crippen molar-refractivity contribution < 1.29 is 4.92 Å². The molecule has 3 rings (SSSR count). The number of imidazole rings is 1. The Hall–Kier alpha value is -2.17. The van der Waals surface area contributed by atoms with Gasteiger partial charge in [0, 0.05) is 17.8 Å². The number of aryl methyl sites for hydroxylation is 1. The Balaban J connectivity index is 2.07. The molecule has 0 N–H and O–H groups in total. The lowest BCUT2D eigenvalue weighted by Gasteiger charge is -2.13. The third-order valence-electron chi connectivity index (χ3n) is 3.35. The molecule has 1 aliphatic rings. The quantitative estimate of drug-likeness (QED) is 0.601. The molecule has 1 heterocycles. The topological polar surface area (TPSA) is 61.0 Å². The van der Waals surface area contributed by atoms with Gasteiger partial charge in [-0.05, 0) is 31.7 Å². The number of nitro benzene ring substituents is 1. The summed E-state index contributed by atoms with van der Waals surface area (Å²) in [6.07, 6.45) is 6.12. The summed E-state index contributed by atoms with van der Waals surface area (Å²) in [5.74, 6) is 0. The van der Waals surface area contributed by atoms with E-state index in [9.17, 15) is 10.1 Å². The van der Waals surface area contributed by atoms with E-state index in [1.54, 1.807) is 18.5 Å². The zero-order valence-corrected chi connectivity index (χ0v) is 9.87. The molecule has 5 nitrogen and oxygen atoms in total. The van der Waals surface area contributed by atoms with Gasteiger partial charge in [-0.25, -0.2) is 4.98 Å². The van der Waals surface area contributed by atoms with Crippen molar-refractivity contribution in [1.29, 1.82) is 0 Å². The normalized spacial score (nSPS) is 14.2. The summed E-state index contributed by atoms with van der Waals surface area (Å²) < 4.78 is 1.97. The van der Waals surface area contributed by atoms with Crippen LogP contribution in [-0.2, 0) is 12.8 Å². The van der Waals surface area contributed by atoms with Crippen molar-refractivity contribution in [3.05, 3.63) is 52.1 Å². The van der Waals surface area contributed by atoms with Crippen LogP contribution in [0.25, 0.3) is 5.69 Å². The molecule has 0 aliphatic heterocycles. The van der Waals surface area contributed by atoms with E-state index in [-0.39, 0.29) is 10.6 Å². The van der Waals surface area contributed by atoms with E-state index in [2.05, 4.69) is 4.98 Å². The summed E-state index contributed by atoms with van der Waals surface area (Å²) in [5.41, 5.74) is 3.26. The van der Waals surface area contributed by atoms with Crippen molar-refractivity contribution in [2.75, 3.05) is 0 Å². The number of nitro groups is 1. The number of nitrogens with zero attached hydrogens (tertiary/aromatic N) is 3. The second kappa shape index (κ2) is 4.25. The van der Waals surface area contributed by atoms with E-state index >= 15 is 0 Å². The van der Waals surface area contributed by atoms with Crippen molar-refractivity contribution in [2.45, 2.75) is 25.7 Å². The fourth-order valence-electron chi connectivity index (χ4n) is 2.45. The minimum atomic E-state index is -0.368. The zero-order valence-electron chi connectivity index (χ0n) is 9.87. The van der Waals surface area contributed by atoms with Gasteiger partial charge < -0.3 is 4.57 Å². The van der Waals surface area contributed by atoms with Gasteiger partial charge in [-0.3, -0.25) is 10.1 Å². The summed E-state index contributed by atoms with van der Waals surface area (Å²) in [6.45, 7) is 0. The van der Waals surface area contributed by atoms with E-state index in [4.69, 9.17) is 0 Å². The predicted octanol–water partition coefficient (Wildman–Crippen LogP) is 2.66. The van der Waals surface area contributed by atoms with Crippen LogP contribution in [0.1, 0.15) is 24.2 Å². The molecule has 5 heteroatoms. The molecule has 0 saturated carbocycles. The van der Waals surface area contributed by atoms with E-state index in [0.717, 1.165) is 30.6 Å². The fourth-order valence-corrected chi connectivity index (χ4v) is 2.45. The summed E-state index contributed by atoms with van der Waals surface area (Å²) >= 11 is 0. The standard InChI is InChI=1S/C13H13N3O2/c17-16(18)11-5-3-4-10(8-11)15-9-14-12-6-1-2-7-13(12)15/h3-5,8-9H,1-2,6-7H2. The number of rotatable bonds is 2. The van der Waals surface area contributed by atoms with Gasteiger partial charge in [0.15, 0.2) is 0 Å². The summed E-state index contributed by atoms with van der Waals surface area (Å²) in [7, 11) is 0. The van der Waals surface area contributed by atoms with Gasteiger partial charge in [-0.15, -0.1) is 0 Å². The maximum Gasteiger partial charge on any atom is 0.271 e. The van der Waals surface area contributed by atoms with Crippen molar-refractivity contribution >= 4 is 5.69 Å². The summed E-state index contributed by atoms with van der Waals surface area (Å²) in [4.78, 5) is 14.8. The lowest BCUT2D eigenvalue weighted by Crippen LogP contribution is -2.07. The molecule has 2 aromatic rings. The first-order valence-corrected chi connectivity index (χ1v) is 6.05. The van der Waals surface area contributed by atoms with Crippen molar-refractivity contribution in [3.8, 4) is 5.69 Å². The molecule has 0 radical (unpaired) electrons. The van der Waals surface area contributed by atoms with Crippen molar-refractivity contribution in [3.63, 3.8) is 0 Å². The molecule has 92 valence electrons. The lowest BCUT2D eigenvalue weighted by molar-refractivity contribution is -0.384. The molecule has 1 aromatic carbocycles. The highest BCUT2D eigenvalue weighted by Gasteiger charge is 2.17. The molecule has 0 spiro atoms. The van der Waals surface area contributed by atoms with Gasteiger partial charge >= 0.3 is 0 Å². The second-order valence-corrected chi connectivity index (χ2v) is 4.49. The van der Waals surface area contributed by atoms with Gasteiger partial charge in [0.1, 0.15) is 0 Å². The predicted molar refractivity (Wildman–Crippen MR) is 66.9 cm³/mol. The van der Waals surface area contributed by atoms with E-state index in [1.807, 2.05) is 10.6 Å². The lowest BCUT2D eigenvalue weighted by atomic mass is 10.0. The smallest absolute Gasteiger partial charge is 0.271 e. The highest BCUT2D eigenvalue weighted by molar-refractivity contribution is 5.44. The van der Waals surface area contributed by atoms with Gasteiger partial charge in [0.05, 0.1) is 22.6 Å². The highest BCUT2D eigenvalue weighted by atomic mass is 16.6. The molecule has 1 aliphatic carbocycles. The number of hydrogen-bond acceptors (Lipinski definition) is 3. The number of non-ortho nitro benzene ring substituents is 1. The monoisotopic (exact) mass is 243 g/mol. The SMILES string of the molecule is O=[N+]([O-])c1cccc(-n2cnc3c2CCCC3)c1. The van der Waals surface area contributed by atoms with Crippen LogP contribution < -0.4 is 0 Å². The Morgan fingerprint density at radius 1 is 1.28 bits per heavy atom. The maximum atomic E-state index is 10.8. The Bertz CT molecular complexity index is 604. The third kappa shape index (κ3) is 1.77. The molecule has 1 aromatic heterocycles. The van der Waals surface area contributed by atoms with Crippen molar-refractivity contribution in [2.24, 2.45) is 0 Å². The Morgan fingerprint density at radius 3 is 2.94 bits per heavy atom. The molecular weight excluding hydrogens is 230 g/mol. The van der Waals surface area contributed by atoms with Crippen LogP contribution in [0.2, 0.25) is 0 Å². The number of hydrogen-bond donors (Lipinski definition) is 0.